The van der Waals surface area contributed by atoms with Crippen molar-refractivity contribution in [1.29, 1.82) is 0 Å². The molecule has 11 heteroatoms. The van der Waals surface area contributed by atoms with Crippen molar-refractivity contribution < 1.29 is 43.5 Å². The second-order valence-corrected chi connectivity index (χ2v) is 16.4. The summed E-state index contributed by atoms with van der Waals surface area (Å²) in [6.07, 6.45) is -2.38. The lowest BCUT2D eigenvalue weighted by molar-refractivity contribution is -0.147. The van der Waals surface area contributed by atoms with Gasteiger partial charge in [0.2, 0.25) is 0 Å². The molecule has 0 heterocycles. The van der Waals surface area contributed by atoms with E-state index in [2.05, 4.69) is 47.0 Å². The molecule has 4 N–H and O–H groups in total. The van der Waals surface area contributed by atoms with Crippen LogP contribution in [0.5, 0.6) is 0 Å². The van der Waals surface area contributed by atoms with E-state index in [1.807, 2.05) is 109 Å². The summed E-state index contributed by atoms with van der Waals surface area (Å²) in [4.78, 5) is 36.3. The van der Waals surface area contributed by atoms with Gasteiger partial charge in [0.15, 0.2) is 6.04 Å². The van der Waals surface area contributed by atoms with Gasteiger partial charge >= 0.3 is 18.2 Å². The molecule has 11 nitrogen and oxygen atoms in total. The minimum atomic E-state index is -1.20. The fourth-order valence-electron chi connectivity index (χ4n) is 7.52. The molecule has 0 saturated heterocycles. The van der Waals surface area contributed by atoms with Gasteiger partial charge in [-0.15, -0.1) is 0 Å². The number of alkyl carbamates (subject to hydrolysis) is 2. The van der Waals surface area contributed by atoms with E-state index in [9.17, 15) is 24.6 Å². The number of carbonyl (C=O) groups is 3. The normalized spacial score (nSPS) is 15.3. The first-order valence-corrected chi connectivity index (χ1v) is 19.4. The average molecular weight is 781 g/mol. The van der Waals surface area contributed by atoms with Crippen LogP contribution in [0.3, 0.4) is 0 Å². The fraction of sp³-hybridized carbons (Fsp3) is 0.413. The number of aliphatic carboxylic acids is 1. The summed E-state index contributed by atoms with van der Waals surface area (Å²) in [5.41, 5.74) is 8.27. The van der Waals surface area contributed by atoms with Crippen LogP contribution in [-0.2, 0) is 23.7 Å². The molecule has 57 heavy (non-hydrogen) atoms. The standard InChI is InChI=1S/C23H27NO5.C23H29NO4/c1-14(29-23(2,3)4)20(21(25)26)24-22(27)28-13-19-17-11-7-5-9-15(17)16-10-6-8-12-18(16)19;1-15(28-23(2,3)4)21(13-25)24-22(26)27-14-20-18-11-7-5-9-16(18)17-10-6-8-12-19(17)20/h5-12,14,19-20H,13H2,1-4H3,(H,24,27)(H,25,26);5-12,15,20-21,25H,13-14H2,1-4H3,(H,24,26)/t14-,20+;15-,21-/m11/s1. The lowest BCUT2D eigenvalue weighted by atomic mass is 9.98. The Morgan fingerprint density at radius 2 is 0.912 bits per heavy atom. The summed E-state index contributed by atoms with van der Waals surface area (Å²) < 4.78 is 22.5. The monoisotopic (exact) mass is 780 g/mol. The molecule has 2 amide bonds. The molecule has 0 unspecified atom stereocenters. The van der Waals surface area contributed by atoms with Gasteiger partial charge in [0.25, 0.3) is 0 Å². The Balaban J connectivity index is 0.000000218. The quantitative estimate of drug-likeness (QED) is 0.111. The van der Waals surface area contributed by atoms with Crippen LogP contribution in [0, 0.1) is 0 Å². The summed E-state index contributed by atoms with van der Waals surface area (Å²) >= 11 is 0. The number of rotatable bonds is 12. The Hall–Kier alpha value is -5.23. The number of carbonyl (C=O) groups excluding carboxylic acids is 2. The van der Waals surface area contributed by atoms with Crippen molar-refractivity contribution in [3.63, 3.8) is 0 Å². The molecule has 304 valence electrons. The van der Waals surface area contributed by atoms with Crippen molar-refractivity contribution in [2.75, 3.05) is 19.8 Å². The van der Waals surface area contributed by atoms with Crippen LogP contribution in [0.15, 0.2) is 97.1 Å². The van der Waals surface area contributed by atoms with Crippen LogP contribution in [-0.4, -0.2) is 83.7 Å². The molecule has 2 aliphatic rings. The first-order valence-electron chi connectivity index (χ1n) is 19.4. The van der Waals surface area contributed by atoms with E-state index in [0.717, 1.165) is 22.3 Å². The van der Waals surface area contributed by atoms with Crippen molar-refractivity contribution in [1.82, 2.24) is 10.6 Å². The number of hydrogen-bond acceptors (Lipinski definition) is 8. The third kappa shape index (κ3) is 11.0. The number of fused-ring (bicyclic) bond motifs is 6. The molecule has 0 bridgehead atoms. The second-order valence-electron chi connectivity index (χ2n) is 16.4. The predicted molar refractivity (Wildman–Crippen MR) is 219 cm³/mol. The van der Waals surface area contributed by atoms with Gasteiger partial charge in [0, 0.05) is 11.8 Å². The van der Waals surface area contributed by atoms with Gasteiger partial charge in [-0.2, -0.15) is 0 Å². The molecule has 2 aliphatic carbocycles. The number of benzene rings is 4. The molecule has 0 aliphatic heterocycles. The van der Waals surface area contributed by atoms with Gasteiger partial charge in [0.05, 0.1) is 36.1 Å². The zero-order valence-electron chi connectivity index (χ0n) is 34.1. The third-order valence-corrected chi connectivity index (χ3v) is 9.84. The number of nitrogens with one attached hydrogen (secondary N) is 2. The zero-order chi connectivity index (χ0) is 41.5. The Kier molecular flexibility index (Phi) is 13.8. The molecular weight excluding hydrogens is 725 g/mol. The number of ether oxygens (including phenoxy) is 4. The first kappa shape index (κ1) is 42.9. The molecule has 0 radical (unpaired) electrons. The van der Waals surface area contributed by atoms with Crippen molar-refractivity contribution in [2.24, 2.45) is 0 Å². The Morgan fingerprint density at radius 1 is 0.579 bits per heavy atom. The van der Waals surface area contributed by atoms with Gasteiger partial charge in [-0.1, -0.05) is 97.1 Å². The van der Waals surface area contributed by atoms with Crippen molar-refractivity contribution in [3.8, 4) is 22.3 Å². The molecule has 6 rings (SSSR count). The molecule has 0 saturated carbocycles. The minimum Gasteiger partial charge on any atom is -0.480 e. The van der Waals surface area contributed by atoms with E-state index in [-0.39, 0.29) is 43.4 Å². The topological polar surface area (TPSA) is 153 Å². The molecule has 0 fully saturated rings. The van der Waals surface area contributed by atoms with Crippen LogP contribution < -0.4 is 10.6 Å². The first-order chi connectivity index (χ1) is 27.0. The maximum atomic E-state index is 12.4. The van der Waals surface area contributed by atoms with Crippen molar-refractivity contribution in [3.05, 3.63) is 119 Å². The van der Waals surface area contributed by atoms with E-state index in [4.69, 9.17) is 18.9 Å². The Bertz CT molecular complexity index is 1930. The lowest BCUT2D eigenvalue weighted by Gasteiger charge is -2.30. The zero-order valence-corrected chi connectivity index (χ0v) is 34.1. The summed E-state index contributed by atoms with van der Waals surface area (Å²) in [5, 5.41) is 24.3. The highest BCUT2D eigenvalue weighted by atomic mass is 16.6. The molecule has 4 aromatic rings. The smallest absolute Gasteiger partial charge is 0.407 e. The van der Waals surface area contributed by atoms with E-state index in [1.54, 1.807) is 6.92 Å². The van der Waals surface area contributed by atoms with Crippen molar-refractivity contribution >= 4 is 18.2 Å². The Labute approximate surface area is 335 Å². The summed E-state index contributed by atoms with van der Waals surface area (Å²) in [7, 11) is 0. The maximum absolute atomic E-state index is 12.4. The van der Waals surface area contributed by atoms with E-state index in [1.165, 1.54) is 22.3 Å². The predicted octanol–water partition coefficient (Wildman–Crippen LogP) is 8.27. The summed E-state index contributed by atoms with van der Waals surface area (Å²) in [5.74, 6) is -1.25. The van der Waals surface area contributed by atoms with Gasteiger partial charge < -0.3 is 39.8 Å². The van der Waals surface area contributed by atoms with Crippen LogP contribution in [0.1, 0.15) is 89.5 Å². The molecular formula is C46H56N2O9. The number of amides is 2. The average Bonchev–Trinajstić information content (AvgIpc) is 3.65. The number of hydrogen-bond donors (Lipinski definition) is 4. The summed E-state index contributed by atoms with van der Waals surface area (Å²) in [6, 6.07) is 30.7. The fourth-order valence-corrected chi connectivity index (χ4v) is 7.52. The van der Waals surface area contributed by atoms with Crippen LogP contribution >= 0.6 is 0 Å². The molecule has 4 atom stereocenters. The number of aliphatic hydroxyl groups excluding tert-OH is 1. The third-order valence-electron chi connectivity index (χ3n) is 9.84. The number of carboxylic acid groups (broad SMARTS) is 1. The highest BCUT2D eigenvalue weighted by Crippen LogP contribution is 2.45. The van der Waals surface area contributed by atoms with Crippen molar-refractivity contribution in [2.45, 2.75) is 103 Å². The highest BCUT2D eigenvalue weighted by molar-refractivity contribution is 5.82. The molecule has 4 aromatic carbocycles. The molecule has 0 aromatic heterocycles. The second kappa shape index (κ2) is 18.4. The SMILES string of the molecule is C[C@@H](OC(C)(C)C)[C@@H](CO)NC(=O)OCC1c2ccccc2-c2ccccc21.C[C@@H](OC(C)(C)C)[C@H](NC(=O)OCC1c2ccccc2-c2ccccc21)C(=O)O. The minimum absolute atomic E-state index is 0.00831. The highest BCUT2D eigenvalue weighted by Gasteiger charge is 2.34. The number of aliphatic hydroxyl groups is 1. The van der Waals surface area contributed by atoms with Crippen LogP contribution in [0.25, 0.3) is 22.3 Å². The van der Waals surface area contributed by atoms with Gasteiger partial charge in [0.1, 0.15) is 13.2 Å². The Morgan fingerprint density at radius 3 is 1.25 bits per heavy atom. The summed E-state index contributed by atoms with van der Waals surface area (Å²) in [6.45, 7) is 14.9. The lowest BCUT2D eigenvalue weighted by Crippen LogP contribution is -2.50. The number of carboxylic acids is 1. The van der Waals surface area contributed by atoms with E-state index in [0.29, 0.717) is 0 Å². The van der Waals surface area contributed by atoms with Crippen LogP contribution in [0.4, 0.5) is 9.59 Å². The molecule has 0 spiro atoms. The maximum Gasteiger partial charge on any atom is 0.407 e. The van der Waals surface area contributed by atoms with Gasteiger partial charge in [-0.05, 0) is 99.9 Å². The van der Waals surface area contributed by atoms with Gasteiger partial charge in [-0.25, -0.2) is 14.4 Å². The van der Waals surface area contributed by atoms with Gasteiger partial charge in [-0.3, -0.25) is 0 Å². The van der Waals surface area contributed by atoms with E-state index >= 15 is 0 Å². The van der Waals surface area contributed by atoms with E-state index < -0.39 is 41.9 Å². The van der Waals surface area contributed by atoms with Crippen LogP contribution in [0.2, 0.25) is 0 Å². The largest absolute Gasteiger partial charge is 0.480 e.